The van der Waals surface area contributed by atoms with E-state index >= 15 is 0 Å². The van der Waals surface area contributed by atoms with Crippen molar-refractivity contribution in [3.8, 4) is 0 Å². The first-order chi connectivity index (χ1) is 14.2. The van der Waals surface area contributed by atoms with Crippen molar-refractivity contribution in [3.63, 3.8) is 0 Å². The summed E-state index contributed by atoms with van der Waals surface area (Å²) in [5.41, 5.74) is 2.79. The lowest BCUT2D eigenvalue weighted by Gasteiger charge is -2.34. The van der Waals surface area contributed by atoms with Crippen molar-refractivity contribution in [3.05, 3.63) is 59.4 Å². The zero-order chi connectivity index (χ0) is 21.5. The van der Waals surface area contributed by atoms with Gasteiger partial charge in [-0.25, -0.2) is 4.79 Å². The summed E-state index contributed by atoms with van der Waals surface area (Å²) >= 11 is 0. The van der Waals surface area contributed by atoms with Gasteiger partial charge in [-0.05, 0) is 46.1 Å². The summed E-state index contributed by atoms with van der Waals surface area (Å²) in [6.45, 7) is 9.96. The molecule has 2 aromatic rings. The predicted octanol–water partition coefficient (Wildman–Crippen LogP) is 4.07. The van der Waals surface area contributed by atoms with Gasteiger partial charge in [0, 0.05) is 37.0 Å². The van der Waals surface area contributed by atoms with Crippen molar-refractivity contribution in [2.45, 2.75) is 45.8 Å². The summed E-state index contributed by atoms with van der Waals surface area (Å²) in [6.07, 6.45) is 4.18. The maximum Gasteiger partial charge on any atom is 0.410 e. The fourth-order valence-electron chi connectivity index (χ4n) is 4.31. The van der Waals surface area contributed by atoms with Crippen molar-refractivity contribution in [1.82, 2.24) is 9.88 Å². The molecule has 6 nitrogen and oxygen atoms in total. The van der Waals surface area contributed by atoms with Crippen LogP contribution in [0.2, 0.25) is 0 Å². The molecule has 0 radical (unpaired) electrons. The SMILES string of the molecule is Cc1ccc(C(=O)c2cncc(N3CC4CC(C3)N(C(=O)OC(C)(C)C)C4)c2)cc1. The number of ether oxygens (including phenoxy) is 1. The van der Waals surface area contributed by atoms with Crippen LogP contribution >= 0.6 is 0 Å². The third-order valence-electron chi connectivity index (χ3n) is 5.70. The molecule has 1 aromatic heterocycles. The van der Waals surface area contributed by atoms with Crippen LogP contribution in [0.25, 0.3) is 0 Å². The summed E-state index contributed by atoms with van der Waals surface area (Å²) in [4.78, 5) is 33.9. The molecule has 2 bridgehead atoms. The minimum absolute atomic E-state index is 0.0280. The molecule has 30 heavy (non-hydrogen) atoms. The number of amides is 1. The Morgan fingerprint density at radius 3 is 2.47 bits per heavy atom. The highest BCUT2D eigenvalue weighted by atomic mass is 16.6. The number of nitrogens with zero attached hydrogens (tertiary/aromatic N) is 3. The number of benzene rings is 1. The Bertz CT molecular complexity index is 949. The standard InChI is InChI=1S/C24H29N3O3/c1-16-5-7-18(8-6-16)22(28)19-10-20(12-25-11-19)26-13-17-9-21(15-26)27(14-17)23(29)30-24(2,3)4/h5-8,10-12,17,21H,9,13-15H2,1-4H3. The van der Waals surface area contributed by atoms with Crippen LogP contribution in [0.4, 0.5) is 10.5 Å². The molecule has 4 rings (SSSR count). The zero-order valence-corrected chi connectivity index (χ0v) is 18.1. The molecule has 0 spiro atoms. The normalized spacial score (nSPS) is 20.9. The van der Waals surface area contributed by atoms with E-state index in [4.69, 9.17) is 4.74 Å². The van der Waals surface area contributed by atoms with Gasteiger partial charge in [-0.2, -0.15) is 0 Å². The number of rotatable bonds is 3. The molecule has 1 aromatic carbocycles. The molecule has 0 aliphatic carbocycles. The smallest absolute Gasteiger partial charge is 0.410 e. The summed E-state index contributed by atoms with van der Waals surface area (Å²) in [7, 11) is 0. The van der Waals surface area contributed by atoms with Gasteiger partial charge in [-0.3, -0.25) is 9.78 Å². The fraction of sp³-hybridized carbons (Fsp3) is 0.458. The number of likely N-dealkylation sites (tertiary alicyclic amines) is 1. The Labute approximate surface area is 177 Å². The average molecular weight is 408 g/mol. The van der Waals surface area contributed by atoms with Gasteiger partial charge in [0.25, 0.3) is 0 Å². The highest BCUT2D eigenvalue weighted by Crippen LogP contribution is 2.33. The molecule has 6 heteroatoms. The predicted molar refractivity (Wildman–Crippen MR) is 116 cm³/mol. The molecule has 2 atom stereocenters. The summed E-state index contributed by atoms with van der Waals surface area (Å²) < 4.78 is 5.59. The molecule has 2 unspecified atom stereocenters. The van der Waals surface area contributed by atoms with Gasteiger partial charge >= 0.3 is 6.09 Å². The molecular formula is C24H29N3O3. The lowest BCUT2D eigenvalue weighted by molar-refractivity contribution is 0.0233. The maximum absolute atomic E-state index is 12.9. The Morgan fingerprint density at radius 1 is 1.03 bits per heavy atom. The molecule has 2 aliphatic heterocycles. The second kappa shape index (κ2) is 7.74. The van der Waals surface area contributed by atoms with Crippen LogP contribution < -0.4 is 4.90 Å². The zero-order valence-electron chi connectivity index (χ0n) is 18.1. The second-order valence-electron chi connectivity index (χ2n) is 9.42. The van der Waals surface area contributed by atoms with E-state index in [1.807, 2.05) is 62.9 Å². The van der Waals surface area contributed by atoms with Crippen molar-refractivity contribution in [2.24, 2.45) is 5.92 Å². The Kier molecular flexibility index (Phi) is 5.26. The highest BCUT2D eigenvalue weighted by molar-refractivity contribution is 6.09. The number of ketones is 1. The minimum atomic E-state index is -0.498. The third kappa shape index (κ3) is 4.32. The molecule has 2 aliphatic rings. The quantitative estimate of drug-likeness (QED) is 0.718. The number of pyridine rings is 1. The van der Waals surface area contributed by atoms with E-state index in [2.05, 4.69) is 9.88 Å². The van der Waals surface area contributed by atoms with Gasteiger partial charge in [-0.15, -0.1) is 0 Å². The van der Waals surface area contributed by atoms with E-state index in [9.17, 15) is 9.59 Å². The molecule has 3 heterocycles. The van der Waals surface area contributed by atoms with E-state index in [1.54, 1.807) is 12.4 Å². The van der Waals surface area contributed by atoms with E-state index < -0.39 is 5.60 Å². The van der Waals surface area contributed by atoms with Crippen LogP contribution in [0.15, 0.2) is 42.7 Å². The number of carbonyl (C=O) groups excluding carboxylic acids is 2. The maximum atomic E-state index is 12.9. The van der Waals surface area contributed by atoms with Crippen LogP contribution in [0.3, 0.4) is 0 Å². The van der Waals surface area contributed by atoms with Crippen LogP contribution in [0.1, 0.15) is 48.7 Å². The largest absolute Gasteiger partial charge is 0.444 e. The van der Waals surface area contributed by atoms with Gasteiger partial charge in [0.15, 0.2) is 5.78 Å². The van der Waals surface area contributed by atoms with Gasteiger partial charge in [0.2, 0.25) is 0 Å². The topological polar surface area (TPSA) is 62.7 Å². The van der Waals surface area contributed by atoms with Crippen LogP contribution in [0, 0.1) is 12.8 Å². The molecule has 0 saturated carbocycles. The Morgan fingerprint density at radius 2 is 1.77 bits per heavy atom. The first-order valence-corrected chi connectivity index (χ1v) is 10.5. The Hall–Kier alpha value is -2.89. The molecule has 158 valence electrons. The van der Waals surface area contributed by atoms with Crippen molar-refractivity contribution in [2.75, 3.05) is 24.5 Å². The van der Waals surface area contributed by atoms with E-state index in [0.29, 0.717) is 23.6 Å². The number of fused-ring (bicyclic) bond motifs is 2. The number of aromatic nitrogens is 1. The van der Waals surface area contributed by atoms with E-state index in [0.717, 1.165) is 30.8 Å². The monoisotopic (exact) mass is 407 g/mol. The van der Waals surface area contributed by atoms with Gasteiger partial charge in [0.1, 0.15) is 5.60 Å². The molecule has 0 N–H and O–H groups in total. The van der Waals surface area contributed by atoms with Crippen LogP contribution in [-0.4, -0.2) is 53.0 Å². The summed E-state index contributed by atoms with van der Waals surface area (Å²) in [5, 5.41) is 0. The molecule has 1 amide bonds. The first-order valence-electron chi connectivity index (χ1n) is 10.5. The van der Waals surface area contributed by atoms with Gasteiger partial charge < -0.3 is 14.5 Å². The average Bonchev–Trinajstić information content (AvgIpc) is 3.00. The van der Waals surface area contributed by atoms with Crippen molar-refractivity contribution >= 4 is 17.6 Å². The molecule has 2 saturated heterocycles. The van der Waals surface area contributed by atoms with Crippen LogP contribution in [-0.2, 0) is 4.74 Å². The molecular weight excluding hydrogens is 378 g/mol. The summed E-state index contributed by atoms with van der Waals surface area (Å²) in [5.74, 6) is 0.368. The minimum Gasteiger partial charge on any atom is -0.444 e. The number of hydrogen-bond donors (Lipinski definition) is 0. The third-order valence-corrected chi connectivity index (χ3v) is 5.70. The molecule has 2 fully saturated rings. The van der Waals surface area contributed by atoms with Gasteiger partial charge in [-0.1, -0.05) is 29.8 Å². The highest BCUT2D eigenvalue weighted by Gasteiger charge is 2.42. The van der Waals surface area contributed by atoms with Crippen molar-refractivity contribution < 1.29 is 14.3 Å². The number of piperidine rings is 1. The summed E-state index contributed by atoms with van der Waals surface area (Å²) in [6, 6.07) is 9.62. The lowest BCUT2D eigenvalue weighted by Crippen LogP contribution is -2.45. The van der Waals surface area contributed by atoms with E-state index in [-0.39, 0.29) is 17.9 Å². The lowest BCUT2D eigenvalue weighted by atomic mass is 9.99. The number of anilines is 1. The fourth-order valence-corrected chi connectivity index (χ4v) is 4.31. The first kappa shape index (κ1) is 20.4. The Balaban J connectivity index is 1.49. The number of aryl methyl sites for hydroxylation is 1. The van der Waals surface area contributed by atoms with Crippen molar-refractivity contribution in [1.29, 1.82) is 0 Å². The number of carbonyl (C=O) groups is 2. The van der Waals surface area contributed by atoms with Crippen LogP contribution in [0.5, 0.6) is 0 Å². The van der Waals surface area contributed by atoms with E-state index in [1.165, 1.54) is 0 Å². The van der Waals surface area contributed by atoms with Gasteiger partial charge in [0.05, 0.1) is 17.9 Å². The second-order valence-corrected chi connectivity index (χ2v) is 9.42. The number of hydrogen-bond acceptors (Lipinski definition) is 5.